The number of benzene rings is 3. The van der Waals surface area contributed by atoms with Crippen LogP contribution in [0.15, 0.2) is 63.4 Å². The molecule has 47 heavy (non-hydrogen) atoms. The highest BCUT2D eigenvalue weighted by Crippen LogP contribution is 2.40. The summed E-state index contributed by atoms with van der Waals surface area (Å²) < 4.78 is 76.7. The first-order valence-corrected chi connectivity index (χ1v) is 15.9. The summed E-state index contributed by atoms with van der Waals surface area (Å²) >= 11 is 0. The maximum absolute atomic E-state index is 13.1. The second-order valence-corrected chi connectivity index (χ2v) is 11.1. The Morgan fingerprint density at radius 3 is 2.04 bits per heavy atom. The molecule has 0 saturated heterocycles. The Labute approximate surface area is 269 Å². The highest BCUT2D eigenvalue weighted by atomic mass is 32.3. The topological polar surface area (TPSA) is 170 Å². The first kappa shape index (κ1) is 33.2. The van der Waals surface area contributed by atoms with Crippen LogP contribution in [-0.4, -0.2) is 51.8 Å². The van der Waals surface area contributed by atoms with E-state index >= 15 is 0 Å². The van der Waals surface area contributed by atoms with E-state index in [2.05, 4.69) is 4.18 Å². The molecule has 248 valence electrons. The van der Waals surface area contributed by atoms with E-state index in [0.717, 1.165) is 5.56 Å². The Bertz CT molecular complexity index is 2020. The van der Waals surface area contributed by atoms with Crippen LogP contribution >= 0.6 is 0 Å². The van der Waals surface area contributed by atoms with Crippen LogP contribution in [0.3, 0.4) is 0 Å². The molecule has 0 amide bonds. The normalized spacial score (nSPS) is 11.4. The summed E-state index contributed by atoms with van der Waals surface area (Å²) in [6.45, 7) is 5.12. The van der Waals surface area contributed by atoms with E-state index in [1.807, 2.05) is 30.3 Å². The summed E-state index contributed by atoms with van der Waals surface area (Å²) in [5.74, 6) is -0.935. The summed E-state index contributed by atoms with van der Waals surface area (Å²) in [5, 5.41) is 0.546. The first-order chi connectivity index (χ1) is 22.5. The van der Waals surface area contributed by atoms with Gasteiger partial charge in [-0.25, -0.2) is 9.59 Å². The van der Waals surface area contributed by atoms with Crippen LogP contribution < -0.4 is 18.4 Å². The minimum Gasteiger partial charge on any atom is -0.493 e. The van der Waals surface area contributed by atoms with Gasteiger partial charge in [-0.3, -0.25) is 4.55 Å². The Morgan fingerprint density at radius 2 is 1.38 bits per heavy atom. The highest BCUT2D eigenvalue weighted by molar-refractivity contribution is 7.81. The summed E-state index contributed by atoms with van der Waals surface area (Å²) in [4.78, 5) is 25.9. The van der Waals surface area contributed by atoms with E-state index in [-0.39, 0.29) is 71.5 Å². The maximum Gasteiger partial charge on any atom is 0.446 e. The molecule has 0 aliphatic rings. The fraction of sp³-hybridized carbons (Fsp3) is 0.273. The van der Waals surface area contributed by atoms with Crippen LogP contribution in [0.4, 0.5) is 0 Å². The SMILES string of the molecule is CCOC(=O)c1c(C)oc2cc(OCCc3ccccc3)c(OCc3oc4cc(OC)c(OS(=O)(=O)O)cc4c3C(=O)OCC)cc12. The van der Waals surface area contributed by atoms with Gasteiger partial charge in [0.15, 0.2) is 28.8 Å². The Kier molecular flexibility index (Phi) is 9.92. The van der Waals surface area contributed by atoms with Crippen LogP contribution in [0.2, 0.25) is 0 Å². The highest BCUT2D eigenvalue weighted by Gasteiger charge is 2.27. The van der Waals surface area contributed by atoms with Gasteiger partial charge in [0, 0.05) is 29.3 Å². The second kappa shape index (κ2) is 14.1. The predicted molar refractivity (Wildman–Crippen MR) is 168 cm³/mol. The lowest BCUT2D eigenvalue weighted by atomic mass is 10.1. The Morgan fingerprint density at radius 1 is 0.787 bits per heavy atom. The molecule has 13 nitrogen and oxygen atoms in total. The summed E-state index contributed by atoms with van der Waals surface area (Å²) in [6.07, 6.45) is 0.593. The molecule has 5 rings (SSSR count). The lowest BCUT2D eigenvalue weighted by Crippen LogP contribution is -2.10. The minimum absolute atomic E-state index is 0.0221. The number of hydrogen-bond acceptors (Lipinski definition) is 12. The number of ether oxygens (including phenoxy) is 5. The number of esters is 2. The van der Waals surface area contributed by atoms with Crippen LogP contribution in [0.5, 0.6) is 23.0 Å². The fourth-order valence-corrected chi connectivity index (χ4v) is 5.36. The van der Waals surface area contributed by atoms with Crippen LogP contribution in [0, 0.1) is 6.92 Å². The molecule has 0 saturated carbocycles. The largest absolute Gasteiger partial charge is 0.493 e. The van der Waals surface area contributed by atoms with Crippen molar-refractivity contribution in [3.63, 3.8) is 0 Å². The molecule has 14 heteroatoms. The molecule has 1 N–H and O–H groups in total. The maximum atomic E-state index is 13.1. The molecule has 3 aromatic carbocycles. The van der Waals surface area contributed by atoms with Crippen molar-refractivity contribution in [3.8, 4) is 23.0 Å². The lowest BCUT2D eigenvalue weighted by molar-refractivity contribution is 0.0514. The van der Waals surface area contributed by atoms with Gasteiger partial charge in [0.05, 0.1) is 26.9 Å². The first-order valence-electron chi connectivity index (χ1n) is 14.5. The average molecular weight is 669 g/mol. The number of carbonyl (C=O) groups is 2. The van der Waals surface area contributed by atoms with Crippen molar-refractivity contribution in [3.05, 3.63) is 82.8 Å². The molecular formula is C33H32O13S. The number of furan rings is 2. The predicted octanol–water partition coefficient (Wildman–Crippen LogP) is 6.23. The molecule has 0 bridgehead atoms. The zero-order chi connectivity index (χ0) is 33.7. The summed E-state index contributed by atoms with van der Waals surface area (Å²) in [7, 11) is -3.67. The van der Waals surface area contributed by atoms with Crippen molar-refractivity contribution >= 4 is 44.3 Å². The van der Waals surface area contributed by atoms with Gasteiger partial charge in [-0.15, -0.1) is 0 Å². The Hall–Kier alpha value is -5.21. The van der Waals surface area contributed by atoms with E-state index in [4.69, 9.17) is 32.5 Å². The number of hydrogen-bond donors (Lipinski definition) is 1. The quantitative estimate of drug-likeness (QED) is 0.104. The van der Waals surface area contributed by atoms with Gasteiger partial charge in [-0.05, 0) is 38.5 Å². The van der Waals surface area contributed by atoms with E-state index in [1.165, 1.54) is 19.2 Å². The zero-order valence-electron chi connectivity index (χ0n) is 26.0. The van der Waals surface area contributed by atoms with Gasteiger partial charge in [0.1, 0.15) is 34.7 Å². The summed E-state index contributed by atoms with van der Waals surface area (Å²) in [6, 6.07) is 15.4. The third-order valence-electron chi connectivity index (χ3n) is 6.98. The van der Waals surface area contributed by atoms with Gasteiger partial charge in [0.2, 0.25) is 0 Å². The third kappa shape index (κ3) is 7.45. The van der Waals surface area contributed by atoms with Crippen molar-refractivity contribution in [1.29, 1.82) is 0 Å². The van der Waals surface area contributed by atoms with Crippen LogP contribution in [0.25, 0.3) is 21.9 Å². The number of methoxy groups -OCH3 is 1. The van der Waals surface area contributed by atoms with Crippen molar-refractivity contribution in [1.82, 2.24) is 0 Å². The molecule has 0 radical (unpaired) electrons. The number of fused-ring (bicyclic) bond motifs is 2. The number of rotatable bonds is 14. The molecule has 5 aromatic rings. The van der Waals surface area contributed by atoms with Crippen molar-refractivity contribution in [2.45, 2.75) is 33.8 Å². The summed E-state index contributed by atoms with van der Waals surface area (Å²) in [5.41, 5.74) is 1.72. The Balaban J connectivity index is 1.56. The second-order valence-electron chi connectivity index (χ2n) is 10.1. The van der Waals surface area contributed by atoms with Gasteiger partial charge < -0.3 is 36.7 Å². The minimum atomic E-state index is -4.93. The van der Waals surface area contributed by atoms with Gasteiger partial charge >= 0.3 is 22.3 Å². The molecule has 0 aliphatic heterocycles. The van der Waals surface area contributed by atoms with E-state index in [9.17, 15) is 22.6 Å². The monoisotopic (exact) mass is 668 g/mol. The van der Waals surface area contributed by atoms with Gasteiger partial charge in [-0.2, -0.15) is 8.42 Å². The molecule has 2 heterocycles. The zero-order valence-corrected chi connectivity index (χ0v) is 26.8. The average Bonchev–Trinajstić information content (AvgIpc) is 3.54. The smallest absolute Gasteiger partial charge is 0.446 e. The molecule has 0 aliphatic carbocycles. The molecule has 0 fully saturated rings. The van der Waals surface area contributed by atoms with E-state index < -0.39 is 22.3 Å². The molecule has 0 spiro atoms. The van der Waals surface area contributed by atoms with E-state index in [1.54, 1.807) is 32.9 Å². The third-order valence-corrected chi connectivity index (χ3v) is 7.37. The van der Waals surface area contributed by atoms with Crippen molar-refractivity contribution in [2.24, 2.45) is 0 Å². The standard InChI is InChI=1S/C33H32O13S/c1-5-40-32(34)30-19(3)44-23-17-27(42-13-12-20-10-8-7-9-11-20)26(14-21(23)30)43-18-29-31(33(35)41-6-2)22-15-28(46-47(36,37)38)25(39-4)16-24(22)45-29/h7-11,14-17H,5-6,12-13,18H2,1-4H3,(H,36,37,38). The fourth-order valence-electron chi connectivity index (χ4n) is 5.00. The van der Waals surface area contributed by atoms with E-state index in [0.29, 0.717) is 28.9 Å². The van der Waals surface area contributed by atoms with Crippen molar-refractivity contribution in [2.75, 3.05) is 26.9 Å². The van der Waals surface area contributed by atoms with Crippen LogP contribution in [-0.2, 0) is 32.9 Å². The molecule has 0 unspecified atom stereocenters. The number of aryl methyl sites for hydroxylation is 1. The molecule has 0 atom stereocenters. The molecule has 2 aromatic heterocycles. The lowest BCUT2D eigenvalue weighted by Gasteiger charge is -2.13. The van der Waals surface area contributed by atoms with Crippen LogP contribution in [0.1, 0.15) is 51.6 Å². The van der Waals surface area contributed by atoms with Crippen molar-refractivity contribution < 1.29 is 59.3 Å². The van der Waals surface area contributed by atoms with Gasteiger partial charge in [-0.1, -0.05) is 30.3 Å². The van der Waals surface area contributed by atoms with Gasteiger partial charge in [0.25, 0.3) is 0 Å². The molecular weight excluding hydrogens is 636 g/mol. The number of carbonyl (C=O) groups excluding carboxylic acids is 2.